The lowest BCUT2D eigenvalue weighted by Gasteiger charge is -2.26. The second-order valence-electron chi connectivity index (χ2n) is 8.14. The SMILES string of the molecule is C=CCOc1ccc(C2c3c(oc4ccccc4c3=O)C(=O)N2Cc2ccc(Cl)cc2)cc1OC. The summed E-state index contributed by atoms with van der Waals surface area (Å²) in [6.45, 7) is 4.25. The minimum atomic E-state index is -0.670. The molecule has 1 aliphatic rings. The van der Waals surface area contributed by atoms with Crippen molar-refractivity contribution in [3.8, 4) is 11.5 Å². The van der Waals surface area contributed by atoms with Crippen LogP contribution in [0.25, 0.3) is 11.0 Å². The Morgan fingerprint density at radius 1 is 1.06 bits per heavy atom. The molecule has 4 aromatic rings. The van der Waals surface area contributed by atoms with Crippen molar-refractivity contribution >= 4 is 28.5 Å². The van der Waals surface area contributed by atoms with Crippen molar-refractivity contribution < 1.29 is 18.7 Å². The number of carbonyl (C=O) groups is 1. The highest BCUT2D eigenvalue weighted by Crippen LogP contribution is 2.41. The Morgan fingerprint density at radius 2 is 1.83 bits per heavy atom. The largest absolute Gasteiger partial charge is 0.493 e. The van der Waals surface area contributed by atoms with Crippen LogP contribution in [-0.4, -0.2) is 24.5 Å². The highest BCUT2D eigenvalue weighted by Gasteiger charge is 2.43. The third-order valence-electron chi connectivity index (χ3n) is 6.00. The van der Waals surface area contributed by atoms with Crippen molar-refractivity contribution in [3.05, 3.63) is 117 Å². The number of benzene rings is 3. The number of fused-ring (bicyclic) bond motifs is 2. The van der Waals surface area contributed by atoms with Crippen LogP contribution in [0.4, 0.5) is 0 Å². The van der Waals surface area contributed by atoms with E-state index in [4.69, 9.17) is 25.5 Å². The summed E-state index contributed by atoms with van der Waals surface area (Å²) in [6, 6.07) is 18.9. The lowest BCUT2D eigenvalue weighted by Crippen LogP contribution is -2.29. The van der Waals surface area contributed by atoms with Crippen LogP contribution in [0.5, 0.6) is 11.5 Å². The molecule has 0 aliphatic carbocycles. The quantitative estimate of drug-likeness (QED) is 0.310. The maximum atomic E-state index is 13.6. The fraction of sp³-hybridized carbons (Fsp3) is 0.143. The minimum absolute atomic E-state index is 0.0543. The molecule has 1 unspecified atom stereocenters. The van der Waals surface area contributed by atoms with E-state index in [1.165, 1.54) is 0 Å². The van der Waals surface area contributed by atoms with Crippen LogP contribution in [0.1, 0.15) is 33.3 Å². The zero-order valence-electron chi connectivity index (χ0n) is 19.0. The molecule has 3 aromatic carbocycles. The Bertz CT molecular complexity index is 1490. The molecule has 0 fully saturated rings. The van der Waals surface area contributed by atoms with Gasteiger partial charge in [0, 0.05) is 11.6 Å². The summed E-state index contributed by atoms with van der Waals surface area (Å²) in [6.07, 6.45) is 1.64. The number of hydrogen-bond acceptors (Lipinski definition) is 5. The van der Waals surface area contributed by atoms with Gasteiger partial charge >= 0.3 is 0 Å². The van der Waals surface area contributed by atoms with Gasteiger partial charge in [0.15, 0.2) is 16.9 Å². The molecule has 0 radical (unpaired) electrons. The molecule has 1 aliphatic heterocycles. The topological polar surface area (TPSA) is 69.0 Å². The summed E-state index contributed by atoms with van der Waals surface area (Å²) in [5.41, 5.74) is 2.03. The molecule has 2 heterocycles. The fourth-order valence-corrected chi connectivity index (χ4v) is 4.51. The van der Waals surface area contributed by atoms with Gasteiger partial charge in [-0.2, -0.15) is 0 Å². The van der Waals surface area contributed by atoms with Crippen LogP contribution < -0.4 is 14.9 Å². The van der Waals surface area contributed by atoms with Gasteiger partial charge in [0.25, 0.3) is 5.91 Å². The Balaban J connectivity index is 1.68. The van der Waals surface area contributed by atoms with E-state index in [0.29, 0.717) is 45.2 Å². The summed E-state index contributed by atoms with van der Waals surface area (Å²) in [4.78, 5) is 28.9. The van der Waals surface area contributed by atoms with E-state index >= 15 is 0 Å². The van der Waals surface area contributed by atoms with Crippen molar-refractivity contribution in [2.75, 3.05) is 13.7 Å². The Labute approximate surface area is 207 Å². The van der Waals surface area contributed by atoms with Gasteiger partial charge in [-0.05, 0) is 47.5 Å². The van der Waals surface area contributed by atoms with Crippen molar-refractivity contribution in [2.45, 2.75) is 12.6 Å². The molecule has 1 aromatic heterocycles. The van der Waals surface area contributed by atoms with E-state index in [0.717, 1.165) is 5.56 Å². The molecule has 0 saturated carbocycles. The molecule has 5 rings (SSSR count). The molecule has 1 amide bonds. The zero-order chi connectivity index (χ0) is 24.5. The Hall–Kier alpha value is -4.03. The summed E-state index contributed by atoms with van der Waals surface area (Å²) in [7, 11) is 1.54. The highest BCUT2D eigenvalue weighted by atomic mass is 35.5. The van der Waals surface area contributed by atoms with Gasteiger partial charge in [0.2, 0.25) is 5.76 Å². The van der Waals surface area contributed by atoms with Crippen molar-refractivity contribution in [1.29, 1.82) is 0 Å². The molecule has 0 N–H and O–H groups in total. The molecule has 35 heavy (non-hydrogen) atoms. The average Bonchev–Trinajstić information content (AvgIpc) is 3.15. The third-order valence-corrected chi connectivity index (χ3v) is 6.25. The Morgan fingerprint density at radius 3 is 2.57 bits per heavy atom. The van der Waals surface area contributed by atoms with E-state index in [2.05, 4.69) is 6.58 Å². The maximum Gasteiger partial charge on any atom is 0.291 e. The number of para-hydroxylation sites is 1. The number of hydrogen-bond donors (Lipinski definition) is 0. The van der Waals surface area contributed by atoms with Crippen LogP contribution in [0.15, 0.2) is 88.6 Å². The minimum Gasteiger partial charge on any atom is -0.493 e. The van der Waals surface area contributed by atoms with Crippen LogP contribution in [0, 0.1) is 0 Å². The molecule has 6 nitrogen and oxygen atoms in total. The normalized spacial score (nSPS) is 14.7. The molecule has 176 valence electrons. The van der Waals surface area contributed by atoms with Gasteiger partial charge in [-0.1, -0.05) is 54.6 Å². The summed E-state index contributed by atoms with van der Waals surface area (Å²) in [5.74, 6) is 0.727. The van der Waals surface area contributed by atoms with E-state index in [1.54, 1.807) is 66.6 Å². The first-order valence-electron chi connectivity index (χ1n) is 11.0. The molecule has 0 saturated heterocycles. The van der Waals surface area contributed by atoms with E-state index in [1.807, 2.05) is 18.2 Å². The van der Waals surface area contributed by atoms with Crippen LogP contribution in [-0.2, 0) is 6.54 Å². The van der Waals surface area contributed by atoms with E-state index < -0.39 is 6.04 Å². The monoisotopic (exact) mass is 487 g/mol. The number of carbonyl (C=O) groups excluding carboxylic acids is 1. The Kier molecular flexibility index (Phi) is 6.05. The first-order chi connectivity index (χ1) is 17.0. The van der Waals surface area contributed by atoms with Gasteiger partial charge in [-0.25, -0.2) is 0 Å². The second kappa shape index (κ2) is 9.31. The molecule has 1 atom stereocenters. The number of nitrogens with zero attached hydrogens (tertiary/aromatic N) is 1. The van der Waals surface area contributed by atoms with E-state index in [9.17, 15) is 9.59 Å². The summed E-state index contributed by atoms with van der Waals surface area (Å²) >= 11 is 6.05. The first kappa shape index (κ1) is 22.7. The number of amides is 1. The van der Waals surface area contributed by atoms with Crippen molar-refractivity contribution in [3.63, 3.8) is 0 Å². The number of rotatable bonds is 7. The summed E-state index contributed by atoms with van der Waals surface area (Å²) < 4.78 is 17.2. The average molecular weight is 488 g/mol. The fourth-order valence-electron chi connectivity index (χ4n) is 4.39. The molecular formula is C28H22ClNO5. The highest BCUT2D eigenvalue weighted by molar-refractivity contribution is 6.30. The maximum absolute atomic E-state index is 13.6. The smallest absolute Gasteiger partial charge is 0.291 e. The number of methoxy groups -OCH3 is 1. The number of halogens is 1. The van der Waals surface area contributed by atoms with Gasteiger partial charge in [-0.3, -0.25) is 9.59 Å². The van der Waals surface area contributed by atoms with Crippen LogP contribution in [0.2, 0.25) is 5.02 Å². The second-order valence-corrected chi connectivity index (χ2v) is 8.58. The molecular weight excluding hydrogens is 466 g/mol. The third kappa shape index (κ3) is 4.06. The van der Waals surface area contributed by atoms with Gasteiger partial charge in [-0.15, -0.1) is 0 Å². The molecule has 7 heteroatoms. The number of ether oxygens (including phenoxy) is 2. The van der Waals surface area contributed by atoms with Gasteiger partial charge in [0.1, 0.15) is 12.2 Å². The van der Waals surface area contributed by atoms with Gasteiger partial charge < -0.3 is 18.8 Å². The zero-order valence-corrected chi connectivity index (χ0v) is 19.7. The standard InChI is InChI=1S/C28H22ClNO5/c1-3-14-34-22-13-10-18(15-23(22)33-2)25-24-26(31)20-6-4-5-7-21(20)35-27(24)28(32)30(25)16-17-8-11-19(29)12-9-17/h3-13,15,25H,1,14,16H2,2H3. The van der Waals surface area contributed by atoms with Crippen molar-refractivity contribution in [2.24, 2.45) is 0 Å². The van der Waals surface area contributed by atoms with E-state index in [-0.39, 0.29) is 23.6 Å². The van der Waals surface area contributed by atoms with Crippen LogP contribution >= 0.6 is 11.6 Å². The van der Waals surface area contributed by atoms with Crippen LogP contribution in [0.3, 0.4) is 0 Å². The van der Waals surface area contributed by atoms with Gasteiger partial charge in [0.05, 0.1) is 24.1 Å². The summed E-state index contributed by atoms with van der Waals surface area (Å²) in [5, 5.41) is 1.03. The lowest BCUT2D eigenvalue weighted by molar-refractivity contribution is 0.0714. The molecule has 0 spiro atoms. The predicted molar refractivity (Wildman–Crippen MR) is 134 cm³/mol. The predicted octanol–water partition coefficient (Wildman–Crippen LogP) is 5.77. The van der Waals surface area contributed by atoms with Crippen molar-refractivity contribution in [1.82, 2.24) is 4.90 Å². The first-order valence-corrected chi connectivity index (χ1v) is 11.4. The lowest BCUT2D eigenvalue weighted by atomic mass is 9.97. The molecule has 0 bridgehead atoms.